The number of aromatic nitrogens is 1. The van der Waals surface area contributed by atoms with Crippen LogP contribution in [0, 0.1) is 19.7 Å². The Hall–Kier alpha value is -4.33. The lowest BCUT2D eigenvalue weighted by Gasteiger charge is -2.28. The van der Waals surface area contributed by atoms with Crippen LogP contribution in [0.5, 0.6) is 0 Å². The number of H-pyrrole nitrogens is 1. The van der Waals surface area contributed by atoms with Gasteiger partial charge in [0.2, 0.25) is 0 Å². The minimum Gasteiger partial charge on any atom is -0.478 e. The molecule has 2 amide bonds. The second-order valence-corrected chi connectivity index (χ2v) is 9.15. The Labute approximate surface area is 229 Å². The number of aromatic amines is 1. The predicted octanol–water partition coefficient (Wildman–Crippen LogP) is 1.40. The van der Waals surface area contributed by atoms with Crippen LogP contribution in [0.25, 0.3) is 11.6 Å². The van der Waals surface area contributed by atoms with E-state index in [9.17, 15) is 28.7 Å². The number of aliphatic carboxylic acids is 2. The van der Waals surface area contributed by atoms with Gasteiger partial charge in [0.15, 0.2) is 0 Å². The summed E-state index contributed by atoms with van der Waals surface area (Å²) in [6.07, 6.45) is 2.06. The van der Waals surface area contributed by atoms with Crippen LogP contribution >= 0.6 is 0 Å². The number of nitrogens with zero attached hydrogens (tertiary/aromatic N) is 1. The number of halogens is 1. The fourth-order valence-corrected chi connectivity index (χ4v) is 4.29. The number of fused-ring (bicyclic) bond motifs is 1. The molecule has 0 aliphatic carbocycles. The monoisotopic (exact) mass is 558 g/mol. The molecule has 1 saturated heterocycles. The van der Waals surface area contributed by atoms with Gasteiger partial charge in [0.1, 0.15) is 5.82 Å². The van der Waals surface area contributed by atoms with Gasteiger partial charge in [-0.3, -0.25) is 14.5 Å². The van der Waals surface area contributed by atoms with Crippen LogP contribution in [0.2, 0.25) is 0 Å². The van der Waals surface area contributed by atoms with Crippen molar-refractivity contribution in [2.24, 2.45) is 0 Å². The van der Waals surface area contributed by atoms with Crippen molar-refractivity contribution in [2.45, 2.75) is 20.0 Å². The van der Waals surface area contributed by atoms with Gasteiger partial charge in [0.05, 0.1) is 30.5 Å². The fraction of sp³-hybridized carbons (Fsp3) is 0.333. The van der Waals surface area contributed by atoms with Crippen LogP contribution in [0.4, 0.5) is 10.1 Å². The van der Waals surface area contributed by atoms with Crippen LogP contribution < -0.4 is 10.6 Å². The number of amides is 2. The molecule has 214 valence electrons. The number of anilines is 1. The molecule has 0 saturated carbocycles. The summed E-state index contributed by atoms with van der Waals surface area (Å²) in [5, 5.41) is 31.4. The molecule has 2 aliphatic rings. The highest BCUT2D eigenvalue weighted by Gasteiger charge is 2.26. The van der Waals surface area contributed by atoms with E-state index in [0.717, 1.165) is 13.1 Å². The first-order chi connectivity index (χ1) is 19.0. The number of hydrogen-bond acceptors (Lipinski definition) is 7. The van der Waals surface area contributed by atoms with Crippen molar-refractivity contribution in [2.75, 3.05) is 44.7 Å². The van der Waals surface area contributed by atoms with Gasteiger partial charge in [-0.2, -0.15) is 0 Å². The number of carboxylic acid groups (broad SMARTS) is 2. The number of carbonyl (C=O) groups excluding carboxylic acids is 2. The molecule has 3 heterocycles. The van der Waals surface area contributed by atoms with Gasteiger partial charge in [-0.05, 0) is 43.7 Å². The Kier molecular flexibility index (Phi) is 10.3. The van der Waals surface area contributed by atoms with Gasteiger partial charge in [-0.25, -0.2) is 14.0 Å². The lowest BCUT2D eigenvalue weighted by Crippen LogP contribution is -2.44. The van der Waals surface area contributed by atoms with Crippen molar-refractivity contribution in [1.82, 2.24) is 15.2 Å². The van der Waals surface area contributed by atoms with Crippen molar-refractivity contribution in [3.63, 3.8) is 0 Å². The summed E-state index contributed by atoms with van der Waals surface area (Å²) in [6, 6.07) is 4.13. The maximum atomic E-state index is 13.7. The number of aliphatic hydroxyl groups excluding tert-OH is 1. The molecule has 0 unspecified atom stereocenters. The Morgan fingerprint density at radius 3 is 2.42 bits per heavy atom. The van der Waals surface area contributed by atoms with Crippen molar-refractivity contribution >= 4 is 41.1 Å². The highest BCUT2D eigenvalue weighted by atomic mass is 19.1. The number of carboxylic acids is 2. The number of morpholine rings is 1. The third-order valence-corrected chi connectivity index (χ3v) is 6.20. The first-order valence-corrected chi connectivity index (χ1v) is 12.4. The molecule has 0 radical (unpaired) electrons. The number of rotatable bonds is 8. The number of ether oxygens (including phenoxy) is 1. The molecule has 13 heteroatoms. The van der Waals surface area contributed by atoms with Gasteiger partial charge in [-0.15, -0.1) is 0 Å². The van der Waals surface area contributed by atoms with Gasteiger partial charge in [0, 0.05) is 61.0 Å². The summed E-state index contributed by atoms with van der Waals surface area (Å²) in [4.78, 5) is 49.6. The number of aryl methyl sites for hydroxylation is 1. The first-order valence-electron chi connectivity index (χ1n) is 12.4. The van der Waals surface area contributed by atoms with E-state index in [1.807, 2.05) is 0 Å². The highest BCUT2D eigenvalue weighted by molar-refractivity contribution is 6.34. The zero-order valence-corrected chi connectivity index (χ0v) is 22.0. The van der Waals surface area contributed by atoms with Crippen LogP contribution in [0.3, 0.4) is 0 Å². The third kappa shape index (κ3) is 8.09. The largest absolute Gasteiger partial charge is 0.478 e. The third-order valence-electron chi connectivity index (χ3n) is 6.20. The molecule has 12 nitrogen and oxygen atoms in total. The lowest BCUT2D eigenvalue weighted by molar-refractivity contribution is -0.134. The molecule has 0 spiro atoms. The predicted molar refractivity (Wildman–Crippen MR) is 143 cm³/mol. The minimum atomic E-state index is -1.26. The maximum absolute atomic E-state index is 13.7. The highest BCUT2D eigenvalue weighted by Crippen LogP contribution is 2.34. The molecular formula is C27H31FN4O8. The number of carbonyl (C=O) groups is 4. The fourth-order valence-electron chi connectivity index (χ4n) is 4.29. The van der Waals surface area contributed by atoms with Crippen molar-refractivity contribution in [1.29, 1.82) is 0 Å². The smallest absolute Gasteiger partial charge is 0.328 e. The van der Waals surface area contributed by atoms with Gasteiger partial charge < -0.3 is 35.7 Å². The van der Waals surface area contributed by atoms with Crippen LogP contribution in [-0.4, -0.2) is 94.5 Å². The van der Waals surface area contributed by atoms with Crippen LogP contribution in [-0.2, 0) is 19.1 Å². The molecule has 1 fully saturated rings. The van der Waals surface area contributed by atoms with Crippen molar-refractivity contribution in [3.8, 4) is 0 Å². The van der Waals surface area contributed by atoms with Gasteiger partial charge >= 0.3 is 11.9 Å². The van der Waals surface area contributed by atoms with E-state index in [0.29, 0.717) is 71.2 Å². The van der Waals surface area contributed by atoms with E-state index in [1.165, 1.54) is 18.2 Å². The summed E-state index contributed by atoms with van der Waals surface area (Å²) in [6.45, 7) is 6.98. The van der Waals surface area contributed by atoms with Crippen LogP contribution in [0.15, 0.2) is 30.4 Å². The van der Waals surface area contributed by atoms with E-state index < -0.39 is 23.9 Å². The Morgan fingerprint density at radius 1 is 1.15 bits per heavy atom. The van der Waals surface area contributed by atoms with E-state index >= 15 is 0 Å². The minimum absolute atomic E-state index is 0.131. The number of β-amino-alcohol motifs (C(OH)–C–C–N with tert-alkyl or cyclic N) is 1. The average Bonchev–Trinajstić information content (AvgIpc) is 3.36. The van der Waals surface area contributed by atoms with E-state index in [2.05, 4.69) is 20.5 Å². The normalized spacial score (nSPS) is 16.7. The molecule has 6 N–H and O–H groups in total. The summed E-state index contributed by atoms with van der Waals surface area (Å²) in [5.74, 6) is -3.57. The summed E-state index contributed by atoms with van der Waals surface area (Å²) < 4.78 is 19.0. The van der Waals surface area contributed by atoms with Crippen LogP contribution in [0.1, 0.15) is 32.9 Å². The first kappa shape index (κ1) is 30.2. The van der Waals surface area contributed by atoms with Crippen molar-refractivity contribution in [3.05, 3.63) is 64.2 Å². The molecule has 2 aliphatic heterocycles. The Morgan fingerprint density at radius 2 is 1.80 bits per heavy atom. The average molecular weight is 559 g/mol. The quantitative estimate of drug-likeness (QED) is 0.261. The molecule has 1 aromatic heterocycles. The number of aliphatic hydroxyl groups is 1. The Balaban J connectivity index is 0.000000482. The maximum Gasteiger partial charge on any atom is 0.328 e. The van der Waals surface area contributed by atoms with E-state index in [1.54, 1.807) is 19.9 Å². The summed E-state index contributed by atoms with van der Waals surface area (Å²) >= 11 is 0. The molecule has 2 aromatic rings. The number of benzene rings is 1. The molecule has 0 bridgehead atoms. The van der Waals surface area contributed by atoms with Crippen molar-refractivity contribution < 1.29 is 43.6 Å². The lowest BCUT2D eigenvalue weighted by atomic mass is 10.0. The van der Waals surface area contributed by atoms with E-state index in [4.69, 9.17) is 14.9 Å². The SMILES string of the molecule is Cc1[nH]c(/C=C2/C(=O)Nc3ccc(F)cc32)c(C)c1C(=O)NC[C@H](O)CN1CCOCC1.O=C(O)/C=C/C(=O)O. The Bertz CT molecular complexity index is 1330. The summed E-state index contributed by atoms with van der Waals surface area (Å²) in [7, 11) is 0. The molecule has 1 aromatic carbocycles. The zero-order valence-electron chi connectivity index (χ0n) is 22.0. The van der Waals surface area contributed by atoms with Gasteiger partial charge in [-0.1, -0.05) is 0 Å². The zero-order chi connectivity index (χ0) is 29.4. The number of hydrogen-bond donors (Lipinski definition) is 6. The molecular weight excluding hydrogens is 527 g/mol. The molecule has 1 atom stereocenters. The second-order valence-electron chi connectivity index (χ2n) is 9.15. The molecule has 40 heavy (non-hydrogen) atoms. The topological polar surface area (TPSA) is 181 Å². The van der Waals surface area contributed by atoms with Gasteiger partial charge in [0.25, 0.3) is 11.8 Å². The summed E-state index contributed by atoms with van der Waals surface area (Å²) in [5.41, 5.74) is 3.75. The number of nitrogens with one attached hydrogen (secondary N) is 3. The second kappa shape index (κ2) is 13.6. The molecule has 4 rings (SSSR count). The van der Waals surface area contributed by atoms with E-state index in [-0.39, 0.29) is 18.4 Å². The standard InChI is InChI=1S/C23H27FN4O4.C4H4O4/c1-13-20(10-18-17-9-15(24)3-4-19(17)27-22(18)30)26-14(2)21(13)23(31)25-11-16(29)12-28-5-7-32-8-6-28;5-3(6)1-2-4(7)8/h3-4,9-10,16,26,29H,5-8,11-12H2,1-2H3,(H,25,31)(H,27,30);1-2H,(H,5,6)(H,7,8)/b18-10+;2-1+/t16-;/m0./s1.